The van der Waals surface area contributed by atoms with E-state index in [1.54, 1.807) is 9.80 Å². The number of halogens is 2. The lowest BCUT2D eigenvalue weighted by Crippen LogP contribution is -2.29. The second kappa shape index (κ2) is 7.33. The van der Waals surface area contributed by atoms with Crippen LogP contribution in [0.15, 0.2) is 68.6 Å². The molecule has 0 unspecified atom stereocenters. The first-order valence-corrected chi connectivity index (χ1v) is 10.7. The Labute approximate surface area is 180 Å². The monoisotopic (exact) mass is 500 g/mol. The molecule has 2 aliphatic heterocycles. The predicted octanol–water partition coefficient (Wildman–Crippen LogP) is 5.06. The van der Waals surface area contributed by atoms with Crippen molar-refractivity contribution in [3.05, 3.63) is 79.7 Å². The summed E-state index contributed by atoms with van der Waals surface area (Å²) in [7, 11) is 0. The van der Waals surface area contributed by atoms with Crippen molar-refractivity contribution in [2.24, 2.45) is 0 Å². The number of carbonyl (C=O) groups is 2. The number of hydrogen-bond donors (Lipinski definition) is 0. The Hall–Kier alpha value is -2.18. The summed E-state index contributed by atoms with van der Waals surface area (Å²) in [4.78, 5) is 30.1. The first kappa shape index (κ1) is 19.2. The van der Waals surface area contributed by atoms with Crippen LogP contribution in [-0.2, 0) is 9.59 Å². The molecule has 0 N–H and O–H groups in total. The summed E-state index contributed by atoms with van der Waals surface area (Å²) in [6, 6.07) is 15.5. The van der Waals surface area contributed by atoms with Crippen molar-refractivity contribution in [3.8, 4) is 0 Å². The summed E-state index contributed by atoms with van der Waals surface area (Å²) < 4.78 is 1.90. The third kappa shape index (κ3) is 2.86. The van der Waals surface area contributed by atoms with Crippen molar-refractivity contribution < 1.29 is 9.59 Å². The van der Waals surface area contributed by atoms with E-state index in [1.807, 2.05) is 62.4 Å². The summed E-state index contributed by atoms with van der Waals surface area (Å²) >= 11 is 6.90. The van der Waals surface area contributed by atoms with Gasteiger partial charge >= 0.3 is 0 Å². The zero-order chi connectivity index (χ0) is 20.0. The van der Waals surface area contributed by atoms with Gasteiger partial charge in [0.05, 0.1) is 22.5 Å². The molecule has 2 aromatic carbocycles. The minimum Gasteiger partial charge on any atom is -0.307 e. The molecule has 142 valence electrons. The van der Waals surface area contributed by atoms with Crippen molar-refractivity contribution in [1.82, 2.24) is 9.80 Å². The molecule has 0 radical (unpaired) electrons. The molecule has 2 heterocycles. The molecule has 0 aromatic heterocycles. The standard InChI is InChI=1S/C22H18Br2N2O2/c1-3-25-19(13-5-9-15(23)10-6-13)17-18(21(25)27)20(26(4-2)22(17)28)14-7-11-16(24)12-8-14/h5-12H,3-4H2,1-2H3. The van der Waals surface area contributed by atoms with E-state index < -0.39 is 0 Å². The molecule has 0 spiro atoms. The fourth-order valence-electron chi connectivity index (χ4n) is 3.82. The molecule has 0 aliphatic carbocycles. The van der Waals surface area contributed by atoms with Crippen LogP contribution in [0.4, 0.5) is 0 Å². The lowest BCUT2D eigenvalue weighted by atomic mass is 10.0. The maximum Gasteiger partial charge on any atom is 0.261 e. The second-order valence-electron chi connectivity index (χ2n) is 6.56. The molecular weight excluding hydrogens is 484 g/mol. The van der Waals surface area contributed by atoms with Gasteiger partial charge in [-0.3, -0.25) is 9.59 Å². The van der Waals surface area contributed by atoms with E-state index in [4.69, 9.17) is 0 Å². The van der Waals surface area contributed by atoms with Crippen LogP contribution in [0.1, 0.15) is 25.0 Å². The van der Waals surface area contributed by atoms with E-state index in [9.17, 15) is 9.59 Å². The molecule has 2 amide bonds. The molecule has 0 atom stereocenters. The van der Waals surface area contributed by atoms with Gasteiger partial charge in [0.2, 0.25) is 0 Å². The average Bonchev–Trinajstić information content (AvgIpc) is 3.15. The molecule has 28 heavy (non-hydrogen) atoms. The molecule has 0 saturated heterocycles. The van der Waals surface area contributed by atoms with Gasteiger partial charge in [0.25, 0.3) is 11.8 Å². The maximum absolute atomic E-state index is 13.4. The van der Waals surface area contributed by atoms with Gasteiger partial charge in [0.15, 0.2) is 0 Å². The van der Waals surface area contributed by atoms with E-state index in [2.05, 4.69) is 31.9 Å². The summed E-state index contributed by atoms with van der Waals surface area (Å²) in [5.74, 6) is -0.227. The summed E-state index contributed by atoms with van der Waals surface area (Å²) in [6.45, 7) is 4.87. The van der Waals surface area contributed by atoms with E-state index >= 15 is 0 Å². The van der Waals surface area contributed by atoms with Crippen molar-refractivity contribution in [1.29, 1.82) is 0 Å². The Kier molecular flexibility index (Phi) is 5.02. The minimum atomic E-state index is -0.113. The van der Waals surface area contributed by atoms with Crippen LogP contribution >= 0.6 is 31.9 Å². The lowest BCUT2D eigenvalue weighted by Gasteiger charge is -2.23. The van der Waals surface area contributed by atoms with Gasteiger partial charge < -0.3 is 9.80 Å². The topological polar surface area (TPSA) is 40.6 Å². The van der Waals surface area contributed by atoms with Crippen molar-refractivity contribution in [2.45, 2.75) is 13.8 Å². The quantitative estimate of drug-likeness (QED) is 0.587. The molecule has 4 rings (SSSR count). The number of nitrogens with zero attached hydrogens (tertiary/aromatic N) is 2. The highest BCUT2D eigenvalue weighted by Gasteiger charge is 2.47. The maximum atomic E-state index is 13.4. The van der Waals surface area contributed by atoms with Crippen LogP contribution in [0, 0.1) is 0 Å². The summed E-state index contributed by atoms with van der Waals surface area (Å²) in [6.07, 6.45) is 0. The van der Waals surface area contributed by atoms with Gasteiger partial charge in [0, 0.05) is 22.0 Å². The van der Waals surface area contributed by atoms with Crippen molar-refractivity contribution >= 4 is 55.1 Å². The molecule has 0 bridgehead atoms. The number of benzene rings is 2. The summed E-state index contributed by atoms with van der Waals surface area (Å²) in [5, 5.41) is 0. The number of fused-ring (bicyclic) bond motifs is 1. The molecule has 4 nitrogen and oxygen atoms in total. The normalized spacial score (nSPS) is 16.6. The number of rotatable bonds is 4. The Bertz CT molecular complexity index is 952. The fraction of sp³-hybridized carbons (Fsp3) is 0.182. The Morgan fingerprint density at radius 3 is 1.25 bits per heavy atom. The first-order valence-electron chi connectivity index (χ1n) is 9.12. The molecule has 0 saturated carbocycles. The third-order valence-corrected chi connectivity index (χ3v) is 6.11. The lowest BCUT2D eigenvalue weighted by molar-refractivity contribution is -0.124. The van der Waals surface area contributed by atoms with Crippen molar-refractivity contribution in [3.63, 3.8) is 0 Å². The highest BCUT2D eigenvalue weighted by atomic mass is 79.9. The van der Waals surface area contributed by atoms with Crippen molar-refractivity contribution in [2.75, 3.05) is 13.1 Å². The smallest absolute Gasteiger partial charge is 0.261 e. The summed E-state index contributed by atoms with van der Waals surface area (Å²) in [5.41, 5.74) is 4.15. The number of amides is 2. The minimum absolute atomic E-state index is 0.113. The van der Waals surface area contributed by atoms with Gasteiger partial charge in [0.1, 0.15) is 0 Å². The molecule has 2 aliphatic rings. The third-order valence-electron chi connectivity index (χ3n) is 5.05. The first-order chi connectivity index (χ1) is 13.5. The van der Waals surface area contributed by atoms with Crippen LogP contribution in [0.5, 0.6) is 0 Å². The molecule has 6 heteroatoms. The van der Waals surface area contributed by atoms with Gasteiger partial charge in [-0.05, 0) is 49.2 Å². The fourth-order valence-corrected chi connectivity index (χ4v) is 4.34. The molecular formula is C22H18Br2N2O2. The Morgan fingerprint density at radius 1 is 0.643 bits per heavy atom. The van der Waals surface area contributed by atoms with E-state index in [-0.39, 0.29) is 11.8 Å². The number of likely N-dealkylation sites (N-methyl/N-ethyl adjacent to an activating group) is 2. The second-order valence-corrected chi connectivity index (χ2v) is 8.39. The Balaban J connectivity index is 2.00. The van der Waals surface area contributed by atoms with E-state index in [0.717, 1.165) is 20.1 Å². The van der Waals surface area contributed by atoms with Gasteiger partial charge in [-0.2, -0.15) is 0 Å². The zero-order valence-corrected chi connectivity index (χ0v) is 18.7. The zero-order valence-electron chi connectivity index (χ0n) is 15.5. The van der Waals surface area contributed by atoms with Crippen LogP contribution in [0.2, 0.25) is 0 Å². The van der Waals surface area contributed by atoms with E-state index in [1.165, 1.54) is 0 Å². The van der Waals surface area contributed by atoms with Crippen LogP contribution in [-0.4, -0.2) is 34.7 Å². The van der Waals surface area contributed by atoms with Gasteiger partial charge in [-0.25, -0.2) is 0 Å². The number of carbonyl (C=O) groups excluding carboxylic acids is 2. The predicted molar refractivity (Wildman–Crippen MR) is 117 cm³/mol. The highest BCUT2D eigenvalue weighted by Crippen LogP contribution is 2.46. The van der Waals surface area contributed by atoms with E-state index in [0.29, 0.717) is 35.6 Å². The molecule has 0 fully saturated rings. The van der Waals surface area contributed by atoms with Gasteiger partial charge in [-0.15, -0.1) is 0 Å². The van der Waals surface area contributed by atoms with Crippen LogP contribution in [0.3, 0.4) is 0 Å². The SMILES string of the molecule is CCN1C(=O)C2=C(c3ccc(Br)cc3)N(CC)C(=O)C2=C1c1ccc(Br)cc1. The Morgan fingerprint density at radius 2 is 0.964 bits per heavy atom. The van der Waals surface area contributed by atoms with Crippen LogP contribution in [0.25, 0.3) is 11.4 Å². The highest BCUT2D eigenvalue weighted by molar-refractivity contribution is 9.10. The van der Waals surface area contributed by atoms with Crippen LogP contribution < -0.4 is 0 Å². The van der Waals surface area contributed by atoms with Gasteiger partial charge in [-0.1, -0.05) is 56.1 Å². The average molecular weight is 502 g/mol. The largest absolute Gasteiger partial charge is 0.307 e. The number of hydrogen-bond acceptors (Lipinski definition) is 2. The molecule has 2 aromatic rings.